The van der Waals surface area contributed by atoms with Crippen LogP contribution in [0.4, 0.5) is 0 Å². The van der Waals surface area contributed by atoms with Crippen LogP contribution in [0.15, 0.2) is 0 Å². The fraction of sp³-hybridized carbons (Fsp3) is 0.800. The van der Waals surface area contributed by atoms with Crippen LogP contribution in [0.3, 0.4) is 0 Å². The molecule has 0 radical (unpaired) electrons. The van der Waals surface area contributed by atoms with Gasteiger partial charge in [-0.05, 0) is 0 Å². The molecule has 2 nitrogen and oxygen atoms in total. The van der Waals surface area contributed by atoms with Crippen LogP contribution < -0.4 is 0 Å². The van der Waals surface area contributed by atoms with Crippen LogP contribution >= 0.6 is 0 Å². The molecule has 0 atom stereocenters. The summed E-state index contributed by atoms with van der Waals surface area (Å²) in [6, 6.07) is 0. The highest BCUT2D eigenvalue weighted by Gasteiger charge is 1.92. The number of rotatable bonds is 3. The molecule has 0 fully saturated rings. The van der Waals surface area contributed by atoms with Gasteiger partial charge in [-0.25, -0.2) is 0 Å². The lowest BCUT2D eigenvalue weighted by Crippen LogP contribution is -1.96. The maximum absolute atomic E-state index is 10.3. The Morgan fingerprint density at radius 1 is 1.71 bits per heavy atom. The number of hydrogen-bond acceptors (Lipinski definition) is 2. The number of Topliss-reactive ketones (excluding diaryl/α,β-unsaturated/α-hetero) is 1. The maximum atomic E-state index is 10.3. The average molecular weight is 102 g/mol. The number of carbonyl (C=O) groups is 1. The minimum absolute atomic E-state index is 0.00727. The Hall–Kier alpha value is -0.370. The number of carbonyl (C=O) groups excluding carboxylic acids is 1. The van der Waals surface area contributed by atoms with E-state index in [9.17, 15) is 4.79 Å². The highest BCUT2D eigenvalue weighted by molar-refractivity contribution is 5.77. The van der Waals surface area contributed by atoms with E-state index in [1.165, 1.54) is 0 Å². The fourth-order valence-corrected chi connectivity index (χ4v) is 0.301. The van der Waals surface area contributed by atoms with Crippen LogP contribution in [-0.2, 0) is 4.79 Å². The minimum Gasteiger partial charge on any atom is -0.396 e. The third kappa shape index (κ3) is 3.46. The van der Waals surface area contributed by atoms with E-state index in [0.717, 1.165) is 0 Å². The van der Waals surface area contributed by atoms with Crippen molar-refractivity contribution in [3.63, 3.8) is 0 Å². The van der Waals surface area contributed by atoms with Crippen molar-refractivity contribution in [3.05, 3.63) is 0 Å². The molecular weight excluding hydrogens is 92.1 g/mol. The summed E-state index contributed by atoms with van der Waals surface area (Å²) in [7, 11) is 0. The third-order valence-corrected chi connectivity index (χ3v) is 0.785. The molecular formula is C5H10O2. The zero-order valence-corrected chi connectivity index (χ0v) is 4.48. The second-order valence-corrected chi connectivity index (χ2v) is 1.37. The summed E-state index contributed by atoms with van der Waals surface area (Å²) in [4.78, 5) is 10.3. The summed E-state index contributed by atoms with van der Waals surface area (Å²) >= 11 is 0. The van der Waals surface area contributed by atoms with E-state index in [1.54, 1.807) is 6.92 Å². The van der Waals surface area contributed by atoms with Crippen LogP contribution in [0, 0.1) is 0 Å². The number of aliphatic hydroxyl groups is 1. The van der Waals surface area contributed by atoms with Gasteiger partial charge in [0.25, 0.3) is 0 Å². The van der Waals surface area contributed by atoms with E-state index in [4.69, 9.17) is 5.11 Å². The first-order valence-electron chi connectivity index (χ1n) is 2.43. The van der Waals surface area contributed by atoms with Crippen molar-refractivity contribution in [2.45, 2.75) is 19.8 Å². The Kier molecular flexibility index (Phi) is 3.61. The first-order valence-corrected chi connectivity index (χ1v) is 2.43. The molecule has 0 saturated heterocycles. The first kappa shape index (κ1) is 6.63. The first-order chi connectivity index (χ1) is 3.31. The van der Waals surface area contributed by atoms with Crippen molar-refractivity contribution in [1.82, 2.24) is 0 Å². The summed E-state index contributed by atoms with van der Waals surface area (Å²) in [5.41, 5.74) is 0. The molecule has 0 amide bonds. The van der Waals surface area contributed by atoms with Gasteiger partial charge in [-0.1, -0.05) is 6.92 Å². The fourth-order valence-electron chi connectivity index (χ4n) is 0.301. The van der Waals surface area contributed by atoms with E-state index in [-0.39, 0.29) is 12.4 Å². The van der Waals surface area contributed by atoms with E-state index in [0.29, 0.717) is 12.8 Å². The van der Waals surface area contributed by atoms with Gasteiger partial charge in [0, 0.05) is 19.4 Å². The molecule has 7 heavy (non-hydrogen) atoms. The Morgan fingerprint density at radius 2 is 2.29 bits per heavy atom. The van der Waals surface area contributed by atoms with Crippen molar-refractivity contribution in [1.29, 1.82) is 0 Å². The van der Waals surface area contributed by atoms with Crippen molar-refractivity contribution < 1.29 is 9.90 Å². The Balaban J connectivity index is 3.00. The Morgan fingerprint density at radius 3 is 2.43 bits per heavy atom. The number of aliphatic hydroxyl groups excluding tert-OH is 1. The molecule has 42 valence electrons. The molecule has 0 aromatic heterocycles. The van der Waals surface area contributed by atoms with Crippen molar-refractivity contribution in [2.24, 2.45) is 0 Å². The molecule has 0 aromatic carbocycles. The Bertz CT molecular complexity index is 59.1. The molecule has 0 aliphatic heterocycles. The Labute approximate surface area is 43.2 Å². The second-order valence-electron chi connectivity index (χ2n) is 1.37. The average Bonchev–Trinajstić information content (AvgIpc) is 1.68. The normalized spacial score (nSPS) is 8.86. The highest BCUT2D eigenvalue weighted by atomic mass is 16.3. The van der Waals surface area contributed by atoms with E-state index >= 15 is 0 Å². The lowest BCUT2D eigenvalue weighted by molar-refractivity contribution is -0.119. The smallest absolute Gasteiger partial charge is 0.134 e. The standard InChI is InChI=1S/C5H10O2/c1-2-5(7)3-4-6/h6H,2-4H2,1H3. The lowest BCUT2D eigenvalue weighted by Gasteiger charge is -1.86. The summed E-state index contributed by atoms with van der Waals surface area (Å²) in [5.74, 6) is 0.127. The topological polar surface area (TPSA) is 37.3 Å². The second kappa shape index (κ2) is 3.81. The van der Waals surface area contributed by atoms with E-state index in [1.807, 2.05) is 0 Å². The third-order valence-electron chi connectivity index (χ3n) is 0.785. The molecule has 0 heterocycles. The highest BCUT2D eigenvalue weighted by Crippen LogP contribution is 1.84. The predicted molar refractivity (Wildman–Crippen MR) is 27.0 cm³/mol. The molecule has 1 N–H and O–H groups in total. The van der Waals surface area contributed by atoms with Gasteiger partial charge in [0.2, 0.25) is 0 Å². The zero-order chi connectivity index (χ0) is 5.70. The van der Waals surface area contributed by atoms with Crippen LogP contribution in [-0.4, -0.2) is 17.5 Å². The molecule has 0 unspecified atom stereocenters. The maximum Gasteiger partial charge on any atom is 0.134 e. The van der Waals surface area contributed by atoms with E-state index in [2.05, 4.69) is 0 Å². The van der Waals surface area contributed by atoms with E-state index < -0.39 is 0 Å². The van der Waals surface area contributed by atoms with Crippen molar-refractivity contribution in [2.75, 3.05) is 6.61 Å². The zero-order valence-electron chi connectivity index (χ0n) is 4.48. The number of ketones is 1. The lowest BCUT2D eigenvalue weighted by atomic mass is 10.2. The molecule has 0 bridgehead atoms. The summed E-state index contributed by atoms with van der Waals surface area (Å²) in [6.07, 6.45) is 0.858. The summed E-state index contributed by atoms with van der Waals surface area (Å²) in [5, 5.41) is 8.15. The molecule has 0 spiro atoms. The monoisotopic (exact) mass is 102 g/mol. The van der Waals surface area contributed by atoms with Gasteiger partial charge in [0.15, 0.2) is 0 Å². The van der Waals surface area contributed by atoms with Crippen LogP contribution in [0.1, 0.15) is 19.8 Å². The molecule has 0 aliphatic carbocycles. The SMILES string of the molecule is CCC(=O)CCO. The van der Waals surface area contributed by atoms with Gasteiger partial charge < -0.3 is 5.11 Å². The minimum atomic E-state index is -0.00727. The number of hydrogen-bond donors (Lipinski definition) is 1. The van der Waals surface area contributed by atoms with Crippen LogP contribution in [0.25, 0.3) is 0 Å². The van der Waals surface area contributed by atoms with Crippen molar-refractivity contribution >= 4 is 5.78 Å². The van der Waals surface area contributed by atoms with Gasteiger partial charge in [-0.3, -0.25) is 4.79 Å². The molecule has 0 aliphatic rings. The van der Waals surface area contributed by atoms with Crippen molar-refractivity contribution in [3.8, 4) is 0 Å². The summed E-state index contributed by atoms with van der Waals surface area (Å²) in [6.45, 7) is 1.78. The van der Waals surface area contributed by atoms with Crippen LogP contribution in [0.5, 0.6) is 0 Å². The molecule has 0 aromatic rings. The van der Waals surface area contributed by atoms with Gasteiger partial charge >= 0.3 is 0 Å². The van der Waals surface area contributed by atoms with Gasteiger partial charge in [0.1, 0.15) is 5.78 Å². The molecule has 0 rings (SSSR count). The van der Waals surface area contributed by atoms with Gasteiger partial charge in [-0.2, -0.15) is 0 Å². The molecule has 2 heteroatoms. The largest absolute Gasteiger partial charge is 0.396 e. The van der Waals surface area contributed by atoms with Gasteiger partial charge in [0.05, 0.1) is 0 Å². The van der Waals surface area contributed by atoms with Crippen LogP contribution in [0.2, 0.25) is 0 Å². The summed E-state index contributed by atoms with van der Waals surface area (Å²) < 4.78 is 0. The van der Waals surface area contributed by atoms with Gasteiger partial charge in [-0.15, -0.1) is 0 Å². The molecule has 0 saturated carbocycles. The predicted octanol–water partition coefficient (Wildman–Crippen LogP) is 0.348. The quantitative estimate of drug-likeness (QED) is 0.558.